The molecule has 2 unspecified atom stereocenters. The number of aliphatic hydroxyl groups is 1. The summed E-state index contributed by atoms with van der Waals surface area (Å²) < 4.78 is 1.32. The van der Waals surface area contributed by atoms with Gasteiger partial charge in [-0.2, -0.15) is 0 Å². The van der Waals surface area contributed by atoms with Gasteiger partial charge >= 0.3 is 0 Å². The maximum absolute atomic E-state index is 13.0. The molecule has 1 saturated carbocycles. The first-order valence-electron chi connectivity index (χ1n) is 9.97. The minimum atomic E-state index is -1.16. The average Bonchev–Trinajstić information content (AvgIpc) is 3.05. The fourth-order valence-electron chi connectivity index (χ4n) is 4.99. The number of hydrogen-bond acceptors (Lipinski definition) is 5. The monoisotopic (exact) mass is 413 g/mol. The van der Waals surface area contributed by atoms with Crippen LogP contribution in [-0.4, -0.2) is 40.2 Å². The van der Waals surface area contributed by atoms with Crippen LogP contribution in [0.5, 0.6) is 0 Å². The molecule has 1 fully saturated rings. The number of aliphatic hydroxyl groups excluding tert-OH is 1. The Labute approximate surface area is 177 Å². The number of H-pyrrole nitrogens is 1. The van der Waals surface area contributed by atoms with E-state index in [-0.39, 0.29) is 25.0 Å². The van der Waals surface area contributed by atoms with Crippen molar-refractivity contribution in [2.45, 2.75) is 51.7 Å². The number of para-hydroxylation sites is 1. The number of rotatable bonds is 4. The van der Waals surface area contributed by atoms with Crippen LogP contribution in [0.1, 0.15) is 44.0 Å². The molecule has 2 atom stereocenters. The van der Waals surface area contributed by atoms with Crippen LogP contribution in [-0.2, 0) is 12.5 Å². The van der Waals surface area contributed by atoms with Gasteiger partial charge in [0.15, 0.2) is 0 Å². The summed E-state index contributed by atoms with van der Waals surface area (Å²) in [5.41, 5.74) is 3.21. The third-order valence-electron chi connectivity index (χ3n) is 6.55. The molecule has 7 heteroatoms. The summed E-state index contributed by atoms with van der Waals surface area (Å²) in [5.74, 6) is -1.54. The van der Waals surface area contributed by atoms with Crippen LogP contribution in [0.25, 0.3) is 0 Å². The van der Waals surface area contributed by atoms with Gasteiger partial charge in [0.1, 0.15) is 0 Å². The van der Waals surface area contributed by atoms with E-state index in [4.69, 9.17) is 0 Å². The average molecular weight is 414 g/mol. The molecule has 0 radical (unpaired) electrons. The molecule has 2 aromatic rings. The summed E-state index contributed by atoms with van der Waals surface area (Å²) in [6, 6.07) is 7.95. The maximum Gasteiger partial charge on any atom is 0.269 e. The van der Waals surface area contributed by atoms with Crippen molar-refractivity contribution in [3.05, 3.63) is 63.2 Å². The molecule has 30 heavy (non-hydrogen) atoms. The number of hydrogen-bond donors (Lipinski definition) is 2. The largest absolute Gasteiger partial charge is 0.851 e. The molecule has 2 aliphatic rings. The van der Waals surface area contributed by atoms with Gasteiger partial charge < -0.3 is 20.2 Å². The van der Waals surface area contributed by atoms with E-state index >= 15 is 0 Å². The molecular formula is C23H31N3O4-2. The standard InChI is InChI=1S/C22H27N3O4.CH4/c1-12-17(21(29)24(4)23-12)18-19(27)13(20(18)28)11-16-22(2,3)14-7-5-6-8-15(14)25(16)9-10-26;/h5-8,11,13,18-20,23,26H,9-10H2,1-4H3;1H4/q-2;. The van der Waals surface area contributed by atoms with Crippen molar-refractivity contribution in [3.63, 3.8) is 0 Å². The number of aromatic amines is 1. The van der Waals surface area contributed by atoms with E-state index in [2.05, 4.69) is 18.9 Å². The molecule has 164 valence electrons. The van der Waals surface area contributed by atoms with E-state index < -0.39 is 24.0 Å². The number of anilines is 1. The minimum Gasteiger partial charge on any atom is -0.851 e. The van der Waals surface area contributed by atoms with Gasteiger partial charge in [-0.1, -0.05) is 45.5 Å². The van der Waals surface area contributed by atoms with E-state index in [9.17, 15) is 20.1 Å². The van der Waals surface area contributed by atoms with Gasteiger partial charge in [0, 0.05) is 41.6 Å². The number of nitrogens with zero attached hydrogens (tertiary/aromatic N) is 2. The van der Waals surface area contributed by atoms with E-state index in [1.807, 2.05) is 29.2 Å². The van der Waals surface area contributed by atoms with Crippen molar-refractivity contribution in [3.8, 4) is 0 Å². The zero-order valence-corrected chi connectivity index (χ0v) is 17.2. The molecule has 2 N–H and O–H groups in total. The number of nitrogens with one attached hydrogen (secondary N) is 1. The van der Waals surface area contributed by atoms with Crippen molar-refractivity contribution in [2.24, 2.45) is 13.0 Å². The number of allylic oxidation sites excluding steroid dienone is 1. The first-order valence-corrected chi connectivity index (χ1v) is 9.97. The van der Waals surface area contributed by atoms with Gasteiger partial charge in [0.05, 0.1) is 6.61 Å². The molecular weight excluding hydrogens is 382 g/mol. The highest BCUT2D eigenvalue weighted by atomic mass is 16.3. The molecule has 0 bridgehead atoms. The Balaban J connectivity index is 0.00000256. The van der Waals surface area contributed by atoms with Crippen molar-refractivity contribution < 1.29 is 15.3 Å². The lowest BCUT2D eigenvalue weighted by Crippen LogP contribution is -2.65. The Hall–Kier alpha value is -2.35. The first-order chi connectivity index (χ1) is 13.7. The van der Waals surface area contributed by atoms with E-state index in [0.29, 0.717) is 17.8 Å². The number of benzene rings is 1. The summed E-state index contributed by atoms with van der Waals surface area (Å²) in [6.07, 6.45) is -0.529. The second-order valence-electron chi connectivity index (χ2n) is 8.62. The van der Waals surface area contributed by atoms with E-state index in [1.54, 1.807) is 20.0 Å². The molecule has 1 aromatic heterocycles. The van der Waals surface area contributed by atoms with Crippen LogP contribution in [0.4, 0.5) is 5.69 Å². The molecule has 0 amide bonds. The lowest BCUT2D eigenvalue weighted by molar-refractivity contribution is -0.543. The lowest BCUT2D eigenvalue weighted by Gasteiger charge is -2.60. The van der Waals surface area contributed by atoms with Gasteiger partial charge in [0.25, 0.3) is 5.56 Å². The van der Waals surface area contributed by atoms with E-state index in [0.717, 1.165) is 16.9 Å². The topological polar surface area (TPSA) is 107 Å². The van der Waals surface area contributed by atoms with Crippen molar-refractivity contribution in [1.29, 1.82) is 0 Å². The van der Waals surface area contributed by atoms with Crippen LogP contribution in [0, 0.1) is 12.8 Å². The Morgan fingerprint density at radius 2 is 1.87 bits per heavy atom. The molecule has 1 aliphatic carbocycles. The Kier molecular flexibility index (Phi) is 5.75. The fraction of sp³-hybridized carbons (Fsp3) is 0.522. The summed E-state index contributed by atoms with van der Waals surface area (Å²) >= 11 is 0. The van der Waals surface area contributed by atoms with Crippen LogP contribution in [0.15, 0.2) is 40.8 Å². The van der Waals surface area contributed by atoms with Gasteiger partial charge in [0.2, 0.25) is 0 Å². The Bertz CT molecular complexity index is 1010. The molecule has 1 aromatic carbocycles. The highest BCUT2D eigenvalue weighted by molar-refractivity contribution is 5.70. The van der Waals surface area contributed by atoms with Crippen LogP contribution < -0.4 is 20.7 Å². The Morgan fingerprint density at radius 1 is 1.23 bits per heavy atom. The Morgan fingerprint density at radius 3 is 2.43 bits per heavy atom. The number of β-amino-alcohol motifs (C(OH)–C–C–N with tert-alkyl or cyclic N) is 1. The highest BCUT2D eigenvalue weighted by Crippen LogP contribution is 2.49. The smallest absolute Gasteiger partial charge is 0.269 e. The van der Waals surface area contributed by atoms with Gasteiger partial charge in [-0.3, -0.25) is 14.6 Å². The summed E-state index contributed by atoms with van der Waals surface area (Å²) in [5, 5.41) is 38.5. The predicted molar refractivity (Wildman–Crippen MR) is 113 cm³/mol. The predicted octanol–water partition coefficient (Wildman–Crippen LogP) is 0.503. The molecule has 1 aliphatic heterocycles. The molecule has 2 heterocycles. The van der Waals surface area contributed by atoms with Gasteiger partial charge in [-0.05, 0) is 30.4 Å². The molecule has 7 nitrogen and oxygen atoms in total. The van der Waals surface area contributed by atoms with Gasteiger partial charge in [-0.15, -0.1) is 12.2 Å². The van der Waals surface area contributed by atoms with Crippen molar-refractivity contribution in [2.75, 3.05) is 18.1 Å². The maximum atomic E-state index is 13.0. The van der Waals surface area contributed by atoms with Crippen molar-refractivity contribution in [1.82, 2.24) is 9.78 Å². The van der Waals surface area contributed by atoms with Crippen molar-refractivity contribution >= 4 is 5.69 Å². The molecule has 4 rings (SSSR count). The van der Waals surface area contributed by atoms with Crippen LogP contribution in [0.2, 0.25) is 0 Å². The quantitative estimate of drug-likeness (QED) is 0.759. The zero-order chi connectivity index (χ0) is 21.1. The summed E-state index contributed by atoms with van der Waals surface area (Å²) in [7, 11) is 1.58. The van der Waals surface area contributed by atoms with Crippen LogP contribution in [0.3, 0.4) is 0 Å². The van der Waals surface area contributed by atoms with Gasteiger partial charge in [-0.25, -0.2) is 0 Å². The minimum absolute atomic E-state index is 0. The van der Waals surface area contributed by atoms with Crippen LogP contribution >= 0.6 is 0 Å². The summed E-state index contributed by atoms with van der Waals surface area (Å²) in [4.78, 5) is 14.4. The molecule has 0 saturated heterocycles. The third-order valence-corrected chi connectivity index (χ3v) is 6.55. The van der Waals surface area contributed by atoms with E-state index in [1.165, 1.54) is 4.68 Å². The normalized spacial score (nSPS) is 28.2. The number of aryl methyl sites for hydroxylation is 2. The number of fused-ring (bicyclic) bond motifs is 1. The first kappa shape index (κ1) is 22.3. The second-order valence-corrected chi connectivity index (χ2v) is 8.62. The fourth-order valence-corrected chi connectivity index (χ4v) is 4.99. The molecule has 0 spiro atoms. The number of aromatic nitrogens is 2. The lowest BCUT2D eigenvalue weighted by atomic mass is 9.65. The third kappa shape index (κ3) is 3.04. The second kappa shape index (κ2) is 7.72. The zero-order valence-electron chi connectivity index (χ0n) is 17.2. The SMILES string of the molecule is C.Cc1[nH]n(C)c(=O)c1C1C([O-])C(C=C2N(CCO)c3ccccc3C2(C)C)C1[O-]. The summed E-state index contributed by atoms with van der Waals surface area (Å²) in [6.45, 7) is 6.22. The highest BCUT2D eigenvalue weighted by Gasteiger charge is 2.44.